The summed E-state index contributed by atoms with van der Waals surface area (Å²) < 4.78 is 1.38. The van der Waals surface area contributed by atoms with E-state index in [1.165, 1.54) is 27.1 Å². The number of fused-ring (bicyclic) bond motifs is 1. The molecule has 3 heterocycles. The van der Waals surface area contributed by atoms with Crippen molar-refractivity contribution < 1.29 is 9.59 Å². The zero-order chi connectivity index (χ0) is 22.5. The number of carbonyl (C=O) groups excluding carboxylic acids is 2. The Morgan fingerprint density at radius 3 is 2.67 bits per heavy atom. The van der Waals surface area contributed by atoms with E-state index in [4.69, 9.17) is 0 Å². The summed E-state index contributed by atoms with van der Waals surface area (Å²) in [5.41, 5.74) is 3.51. The van der Waals surface area contributed by atoms with Crippen molar-refractivity contribution in [2.45, 2.75) is 25.7 Å². The maximum absolute atomic E-state index is 13.6. The number of nitrogens with zero attached hydrogens (tertiary/aromatic N) is 3. The molecule has 1 aliphatic heterocycles. The van der Waals surface area contributed by atoms with Gasteiger partial charge in [0.05, 0.1) is 0 Å². The van der Waals surface area contributed by atoms with Gasteiger partial charge in [0.2, 0.25) is 0 Å². The van der Waals surface area contributed by atoms with Crippen molar-refractivity contribution in [2.75, 3.05) is 13.1 Å². The van der Waals surface area contributed by atoms with Crippen molar-refractivity contribution in [3.8, 4) is 0 Å². The van der Waals surface area contributed by atoms with Crippen molar-refractivity contribution in [3.05, 3.63) is 93.5 Å². The number of likely N-dealkylation sites (tertiary alicyclic amines) is 1. The summed E-state index contributed by atoms with van der Waals surface area (Å²) in [6, 6.07) is 15.5. The van der Waals surface area contributed by atoms with Crippen LogP contribution >= 0.6 is 0 Å². The number of piperidine rings is 1. The van der Waals surface area contributed by atoms with Gasteiger partial charge < -0.3 is 4.90 Å². The van der Waals surface area contributed by atoms with E-state index in [0.29, 0.717) is 18.7 Å². The van der Waals surface area contributed by atoms with Crippen molar-refractivity contribution in [3.63, 3.8) is 0 Å². The molecule has 6 nitrogen and oxygen atoms in total. The molecule has 1 aliphatic carbocycles. The molecule has 33 heavy (non-hydrogen) atoms. The molecule has 4 aromatic rings. The Kier molecular flexibility index (Phi) is 4.61. The fourth-order valence-corrected chi connectivity index (χ4v) is 5.40. The van der Waals surface area contributed by atoms with E-state index >= 15 is 0 Å². The summed E-state index contributed by atoms with van der Waals surface area (Å²) in [6.45, 7) is 0.848. The van der Waals surface area contributed by atoms with Gasteiger partial charge in [-0.25, -0.2) is 4.98 Å². The zero-order valence-electron chi connectivity index (χ0n) is 18.2. The summed E-state index contributed by atoms with van der Waals surface area (Å²) in [4.78, 5) is 45.6. The Bertz CT molecular complexity index is 1490. The van der Waals surface area contributed by atoms with E-state index in [2.05, 4.69) is 17.1 Å². The van der Waals surface area contributed by atoms with E-state index in [0.717, 1.165) is 36.6 Å². The second-order valence-electron chi connectivity index (χ2n) is 8.97. The predicted octanol–water partition coefficient (Wildman–Crippen LogP) is 3.68. The third-order valence-electron chi connectivity index (χ3n) is 7.07. The number of hydrogen-bond donors (Lipinski definition) is 0. The first kappa shape index (κ1) is 19.9. The average molecular weight is 437 g/mol. The number of carbonyl (C=O) groups is 2. The number of ketones is 1. The first-order valence-electron chi connectivity index (χ1n) is 11.4. The van der Waals surface area contributed by atoms with E-state index in [9.17, 15) is 14.4 Å². The molecule has 0 N–H and O–H groups in total. The van der Waals surface area contributed by atoms with Crippen LogP contribution in [0.15, 0.2) is 65.7 Å². The van der Waals surface area contributed by atoms with E-state index < -0.39 is 0 Å². The lowest BCUT2D eigenvalue weighted by Gasteiger charge is -2.32. The average Bonchev–Trinajstić information content (AvgIpc) is 3.29. The topological polar surface area (TPSA) is 71.8 Å². The Balaban J connectivity index is 1.30. The molecule has 2 aromatic heterocycles. The van der Waals surface area contributed by atoms with Gasteiger partial charge in [0.25, 0.3) is 11.5 Å². The summed E-state index contributed by atoms with van der Waals surface area (Å²) in [7, 11) is 0. The maximum atomic E-state index is 13.6. The highest BCUT2D eigenvalue weighted by Gasteiger charge is 2.32. The van der Waals surface area contributed by atoms with Gasteiger partial charge in [-0.05, 0) is 59.7 Å². The van der Waals surface area contributed by atoms with Crippen molar-refractivity contribution in [1.29, 1.82) is 0 Å². The second kappa shape index (κ2) is 7.66. The molecule has 1 atom stereocenters. The summed E-state index contributed by atoms with van der Waals surface area (Å²) in [6.07, 6.45) is 6.47. The zero-order valence-corrected chi connectivity index (χ0v) is 18.2. The molecule has 2 aromatic carbocycles. The molecule has 1 amide bonds. The van der Waals surface area contributed by atoms with Gasteiger partial charge in [-0.2, -0.15) is 0 Å². The van der Waals surface area contributed by atoms with Crippen LogP contribution < -0.4 is 5.56 Å². The molecule has 0 unspecified atom stereocenters. The number of rotatable bonds is 3. The first-order chi connectivity index (χ1) is 16.1. The van der Waals surface area contributed by atoms with E-state index in [1.54, 1.807) is 29.3 Å². The van der Waals surface area contributed by atoms with Gasteiger partial charge in [0, 0.05) is 37.0 Å². The molecule has 0 radical (unpaired) electrons. The number of aryl methyl sites for hydroxylation is 2. The maximum Gasteiger partial charge on any atom is 0.270 e. The highest BCUT2D eigenvalue weighted by molar-refractivity contribution is 6.11. The minimum absolute atomic E-state index is 0.0390. The van der Waals surface area contributed by atoms with Gasteiger partial charge in [-0.15, -0.1) is 0 Å². The Morgan fingerprint density at radius 2 is 1.79 bits per heavy atom. The number of aromatic nitrogens is 2. The summed E-state index contributed by atoms with van der Waals surface area (Å²) in [5.74, 6) is -0.558. The van der Waals surface area contributed by atoms with Crippen LogP contribution in [0.3, 0.4) is 0 Å². The van der Waals surface area contributed by atoms with Crippen LogP contribution in [0.1, 0.15) is 44.7 Å². The highest BCUT2D eigenvalue weighted by Crippen LogP contribution is 2.34. The van der Waals surface area contributed by atoms with Crippen molar-refractivity contribution >= 4 is 28.1 Å². The van der Waals surface area contributed by atoms with Gasteiger partial charge in [0.1, 0.15) is 11.2 Å². The summed E-state index contributed by atoms with van der Waals surface area (Å²) >= 11 is 0. The van der Waals surface area contributed by atoms with Crippen LogP contribution in [-0.4, -0.2) is 39.1 Å². The molecule has 6 heteroatoms. The molecular formula is C27H23N3O3. The third kappa shape index (κ3) is 3.17. The fraction of sp³-hybridized carbons (Fsp3) is 0.259. The fourth-order valence-electron chi connectivity index (χ4n) is 5.40. The van der Waals surface area contributed by atoms with Gasteiger partial charge in [0.15, 0.2) is 5.78 Å². The smallest absolute Gasteiger partial charge is 0.270 e. The Morgan fingerprint density at radius 1 is 0.939 bits per heavy atom. The number of amides is 1. The van der Waals surface area contributed by atoms with E-state index in [-0.39, 0.29) is 28.7 Å². The molecule has 0 saturated carbocycles. The van der Waals surface area contributed by atoms with Crippen LogP contribution in [0.2, 0.25) is 0 Å². The highest BCUT2D eigenvalue weighted by atomic mass is 16.2. The molecule has 0 bridgehead atoms. The SMILES string of the molecule is O=C(c1ccc2c3c(cccc13)CC2)[C@@H]1CCCN(C(=O)c2cnc3ccccn3c2=O)C1. The predicted molar refractivity (Wildman–Crippen MR) is 126 cm³/mol. The molecule has 1 fully saturated rings. The standard InChI is InChI=1S/C27H23N3O3/c31-25(21-12-11-18-10-9-17-5-3-7-20(21)24(17)18)19-6-4-13-29(16-19)26(32)22-15-28-23-8-1-2-14-30(23)27(22)33/h1-3,5,7-8,11-12,14-15,19H,4,6,9-10,13,16H2/t19-/m1/s1. The molecule has 6 rings (SSSR count). The normalized spacial score (nSPS) is 17.6. The van der Waals surface area contributed by atoms with E-state index in [1.807, 2.05) is 18.2 Å². The number of hydrogen-bond acceptors (Lipinski definition) is 4. The number of pyridine rings is 1. The number of Topliss-reactive ketones (excluding diaryl/α,β-unsaturated/α-hetero) is 1. The van der Waals surface area contributed by atoms with Crippen LogP contribution in [0, 0.1) is 5.92 Å². The number of benzene rings is 2. The monoisotopic (exact) mass is 437 g/mol. The molecule has 1 saturated heterocycles. The van der Waals surface area contributed by atoms with Gasteiger partial charge in [-0.3, -0.25) is 18.8 Å². The molecule has 164 valence electrons. The molecule has 2 aliphatic rings. The van der Waals surface area contributed by atoms with Crippen LogP contribution in [0.5, 0.6) is 0 Å². The van der Waals surface area contributed by atoms with Crippen molar-refractivity contribution in [2.24, 2.45) is 5.92 Å². The third-order valence-corrected chi connectivity index (χ3v) is 7.07. The summed E-state index contributed by atoms with van der Waals surface area (Å²) in [5, 5.41) is 2.25. The van der Waals surface area contributed by atoms with Crippen LogP contribution in [-0.2, 0) is 12.8 Å². The van der Waals surface area contributed by atoms with Gasteiger partial charge >= 0.3 is 0 Å². The first-order valence-corrected chi connectivity index (χ1v) is 11.4. The lowest BCUT2D eigenvalue weighted by Crippen LogP contribution is -2.44. The lowest BCUT2D eigenvalue weighted by molar-refractivity contribution is 0.0635. The molecular weight excluding hydrogens is 414 g/mol. The van der Waals surface area contributed by atoms with Gasteiger partial charge in [-0.1, -0.05) is 36.4 Å². The Labute approximate surface area is 190 Å². The minimum atomic E-state index is -0.383. The molecule has 0 spiro atoms. The van der Waals surface area contributed by atoms with Crippen LogP contribution in [0.4, 0.5) is 0 Å². The quantitative estimate of drug-likeness (QED) is 0.459. The van der Waals surface area contributed by atoms with Crippen LogP contribution in [0.25, 0.3) is 16.4 Å². The largest absolute Gasteiger partial charge is 0.338 e. The second-order valence-corrected chi connectivity index (χ2v) is 8.97. The van der Waals surface area contributed by atoms with Crippen molar-refractivity contribution in [1.82, 2.24) is 14.3 Å². The lowest BCUT2D eigenvalue weighted by atomic mass is 9.87. The Hall–Kier alpha value is -3.80. The minimum Gasteiger partial charge on any atom is -0.338 e.